The molecule has 0 saturated heterocycles. The van der Waals surface area contributed by atoms with Crippen molar-refractivity contribution in [1.82, 2.24) is 0 Å². The molecule has 1 heterocycles. The molecule has 0 aromatic heterocycles. The van der Waals surface area contributed by atoms with E-state index in [0.717, 1.165) is 41.9 Å². The molecular formula is C22H34O6. The van der Waals surface area contributed by atoms with Gasteiger partial charge in [-0.05, 0) is 54.9 Å². The Bertz CT molecular complexity index is 673. The van der Waals surface area contributed by atoms with Crippen LogP contribution < -0.4 is 9.47 Å². The Hall–Kier alpha value is -1.34. The largest absolute Gasteiger partial charge is 0.483 e. The van der Waals surface area contributed by atoms with Crippen LogP contribution in [0.5, 0.6) is 11.5 Å². The molecule has 6 heteroatoms. The molecule has 0 N–H and O–H groups in total. The molecule has 6 nitrogen and oxygen atoms in total. The number of methoxy groups -OCH3 is 3. The van der Waals surface area contributed by atoms with Gasteiger partial charge in [0.2, 0.25) is 0 Å². The monoisotopic (exact) mass is 394 g/mol. The van der Waals surface area contributed by atoms with Crippen molar-refractivity contribution in [1.29, 1.82) is 0 Å². The fourth-order valence-corrected chi connectivity index (χ4v) is 4.95. The Labute approximate surface area is 168 Å². The van der Waals surface area contributed by atoms with E-state index in [1.165, 1.54) is 0 Å². The van der Waals surface area contributed by atoms with Gasteiger partial charge in [0.05, 0.1) is 12.7 Å². The normalized spacial score (nSPS) is 28.2. The van der Waals surface area contributed by atoms with Crippen LogP contribution in [0.25, 0.3) is 0 Å². The van der Waals surface area contributed by atoms with E-state index < -0.39 is 0 Å². The quantitative estimate of drug-likeness (QED) is 0.623. The number of ether oxygens (including phenoxy) is 6. The molecule has 1 aromatic rings. The second kappa shape index (κ2) is 8.57. The van der Waals surface area contributed by atoms with Crippen molar-refractivity contribution in [3.63, 3.8) is 0 Å². The van der Waals surface area contributed by atoms with Gasteiger partial charge in [-0.2, -0.15) is 0 Å². The van der Waals surface area contributed by atoms with Crippen molar-refractivity contribution in [2.45, 2.75) is 58.3 Å². The molecule has 28 heavy (non-hydrogen) atoms. The Kier molecular flexibility index (Phi) is 6.54. The first-order valence-corrected chi connectivity index (χ1v) is 9.91. The summed E-state index contributed by atoms with van der Waals surface area (Å²) >= 11 is 0. The van der Waals surface area contributed by atoms with Gasteiger partial charge in [0.15, 0.2) is 18.3 Å². The fourth-order valence-electron chi connectivity index (χ4n) is 4.95. The molecule has 3 rings (SSSR count). The van der Waals surface area contributed by atoms with Gasteiger partial charge in [-0.25, -0.2) is 0 Å². The maximum absolute atomic E-state index is 6.66. The highest BCUT2D eigenvalue weighted by Gasteiger charge is 2.55. The minimum Gasteiger partial charge on any atom is -0.483 e. The molecule has 0 amide bonds. The molecule has 1 aliphatic heterocycles. The smallest absolute Gasteiger partial charge is 0.188 e. The Morgan fingerprint density at radius 3 is 2.46 bits per heavy atom. The van der Waals surface area contributed by atoms with Crippen molar-refractivity contribution in [2.24, 2.45) is 11.3 Å². The number of fused-ring (bicyclic) bond motifs is 2. The summed E-state index contributed by atoms with van der Waals surface area (Å²) in [6.45, 7) is 7.82. The van der Waals surface area contributed by atoms with Crippen molar-refractivity contribution < 1.29 is 28.4 Å². The molecule has 1 fully saturated rings. The van der Waals surface area contributed by atoms with Crippen LogP contribution in [-0.2, 0) is 32.0 Å². The minimum atomic E-state index is -0.266. The lowest BCUT2D eigenvalue weighted by molar-refractivity contribution is -0.185. The van der Waals surface area contributed by atoms with E-state index in [1.54, 1.807) is 21.3 Å². The van der Waals surface area contributed by atoms with Crippen molar-refractivity contribution in [3.05, 3.63) is 23.3 Å². The molecule has 1 aromatic carbocycles. The molecule has 1 saturated carbocycles. The zero-order valence-corrected chi connectivity index (χ0v) is 18.0. The van der Waals surface area contributed by atoms with E-state index in [-0.39, 0.29) is 23.9 Å². The van der Waals surface area contributed by atoms with Crippen LogP contribution in [0.1, 0.15) is 44.7 Å². The highest BCUT2D eigenvalue weighted by Crippen LogP contribution is 2.55. The van der Waals surface area contributed by atoms with Crippen molar-refractivity contribution in [3.8, 4) is 11.5 Å². The first-order valence-electron chi connectivity index (χ1n) is 9.91. The van der Waals surface area contributed by atoms with E-state index in [0.29, 0.717) is 19.3 Å². The molecule has 3 atom stereocenters. The molecule has 0 bridgehead atoms. The molecular weight excluding hydrogens is 360 g/mol. The summed E-state index contributed by atoms with van der Waals surface area (Å²) in [6, 6.07) is 4.16. The lowest BCUT2D eigenvalue weighted by Crippen LogP contribution is -2.59. The Morgan fingerprint density at radius 1 is 1.04 bits per heavy atom. The summed E-state index contributed by atoms with van der Waals surface area (Å²) in [5.41, 5.74) is 1.91. The van der Waals surface area contributed by atoms with E-state index in [2.05, 4.69) is 26.8 Å². The van der Waals surface area contributed by atoms with E-state index in [9.17, 15) is 0 Å². The Morgan fingerprint density at radius 2 is 1.79 bits per heavy atom. The predicted octanol–water partition coefficient (Wildman–Crippen LogP) is 3.93. The predicted molar refractivity (Wildman–Crippen MR) is 106 cm³/mol. The van der Waals surface area contributed by atoms with Gasteiger partial charge in [0, 0.05) is 27.2 Å². The first kappa shape index (κ1) is 21.4. The van der Waals surface area contributed by atoms with Crippen LogP contribution in [0.4, 0.5) is 0 Å². The van der Waals surface area contributed by atoms with Gasteiger partial charge < -0.3 is 28.4 Å². The number of benzene rings is 1. The zero-order chi connectivity index (χ0) is 20.4. The third-order valence-corrected chi connectivity index (χ3v) is 6.35. The second-order valence-electron chi connectivity index (χ2n) is 8.66. The lowest BCUT2D eigenvalue weighted by Gasteiger charge is -2.56. The molecule has 2 aliphatic rings. The average Bonchev–Trinajstić information content (AvgIpc) is 2.65. The van der Waals surface area contributed by atoms with Crippen LogP contribution >= 0.6 is 0 Å². The van der Waals surface area contributed by atoms with Gasteiger partial charge in [0.1, 0.15) is 12.4 Å². The molecule has 158 valence electrons. The van der Waals surface area contributed by atoms with Gasteiger partial charge in [-0.3, -0.25) is 0 Å². The molecule has 0 spiro atoms. The summed E-state index contributed by atoms with van der Waals surface area (Å²) in [6.07, 6.45) is 2.92. The van der Waals surface area contributed by atoms with Gasteiger partial charge in [-0.15, -0.1) is 0 Å². The van der Waals surface area contributed by atoms with Crippen LogP contribution in [0, 0.1) is 11.3 Å². The van der Waals surface area contributed by atoms with Crippen LogP contribution in [0.2, 0.25) is 0 Å². The van der Waals surface area contributed by atoms with Crippen LogP contribution in [-0.4, -0.2) is 46.6 Å². The summed E-state index contributed by atoms with van der Waals surface area (Å²) in [4.78, 5) is 0. The highest BCUT2D eigenvalue weighted by molar-refractivity contribution is 5.51. The highest BCUT2D eigenvalue weighted by atomic mass is 16.7. The second-order valence-corrected chi connectivity index (χ2v) is 8.66. The average molecular weight is 395 g/mol. The standard InChI is InChI=1S/C22H34O6/c1-21(2)18-11-16-9-15(12-23-4)10-17(26-13-24-5)20(16)28-22(18,3)8-7-19(21)27-14-25-6/h9-10,18-19H,7-8,11-14H2,1-6H3/t18-,19-,22-/m1/s1. The zero-order valence-electron chi connectivity index (χ0n) is 18.0. The SMILES string of the molecule is COCOc1cc(COC)cc2c1O[C@]1(C)CC[C@@H](OCOC)C(C)(C)[C@H]1C2. The fraction of sp³-hybridized carbons (Fsp3) is 0.727. The topological polar surface area (TPSA) is 55.4 Å². The molecule has 1 aliphatic carbocycles. The van der Waals surface area contributed by atoms with Crippen LogP contribution in [0.3, 0.4) is 0 Å². The Balaban J connectivity index is 1.96. The third kappa shape index (κ3) is 4.01. The first-order chi connectivity index (χ1) is 13.4. The molecule has 0 radical (unpaired) electrons. The maximum atomic E-state index is 6.66. The van der Waals surface area contributed by atoms with E-state index >= 15 is 0 Å². The van der Waals surface area contributed by atoms with Crippen LogP contribution in [0.15, 0.2) is 12.1 Å². The van der Waals surface area contributed by atoms with E-state index in [1.807, 2.05) is 6.07 Å². The van der Waals surface area contributed by atoms with E-state index in [4.69, 9.17) is 28.4 Å². The van der Waals surface area contributed by atoms with Crippen molar-refractivity contribution >= 4 is 0 Å². The van der Waals surface area contributed by atoms with Gasteiger partial charge in [0.25, 0.3) is 0 Å². The van der Waals surface area contributed by atoms with Gasteiger partial charge >= 0.3 is 0 Å². The van der Waals surface area contributed by atoms with Gasteiger partial charge in [-0.1, -0.05) is 13.8 Å². The van der Waals surface area contributed by atoms with Crippen molar-refractivity contribution in [2.75, 3.05) is 34.9 Å². The number of hydrogen-bond acceptors (Lipinski definition) is 6. The summed E-state index contributed by atoms with van der Waals surface area (Å²) in [7, 11) is 4.98. The number of rotatable bonds is 8. The summed E-state index contributed by atoms with van der Waals surface area (Å²) in [5.74, 6) is 1.88. The maximum Gasteiger partial charge on any atom is 0.188 e. The molecule has 0 unspecified atom stereocenters. The lowest BCUT2D eigenvalue weighted by atomic mass is 9.57. The number of hydrogen-bond donors (Lipinski definition) is 0. The summed E-state index contributed by atoms with van der Waals surface area (Å²) < 4.78 is 34.2. The minimum absolute atomic E-state index is 0.0476. The summed E-state index contributed by atoms with van der Waals surface area (Å²) in [5, 5.41) is 0. The third-order valence-electron chi connectivity index (χ3n) is 6.35.